The third-order valence-corrected chi connectivity index (χ3v) is 3.32. The molecule has 0 unspecified atom stereocenters. The smallest absolute Gasteiger partial charge is 0.163 e. The van der Waals surface area contributed by atoms with Crippen molar-refractivity contribution in [1.29, 1.82) is 0 Å². The van der Waals surface area contributed by atoms with Crippen LogP contribution in [-0.2, 0) is 0 Å². The predicted octanol–water partition coefficient (Wildman–Crippen LogP) is 2.74. The lowest BCUT2D eigenvalue weighted by Crippen LogP contribution is -2.45. The van der Waals surface area contributed by atoms with E-state index in [1.807, 2.05) is 6.92 Å². The molecule has 0 radical (unpaired) electrons. The van der Waals surface area contributed by atoms with Gasteiger partial charge < -0.3 is 5.32 Å². The van der Waals surface area contributed by atoms with Crippen LogP contribution in [0.5, 0.6) is 0 Å². The normalized spacial score (nSPS) is 18.2. The number of nitrogens with one attached hydrogen (secondary N) is 1. The van der Waals surface area contributed by atoms with Crippen molar-refractivity contribution in [2.24, 2.45) is 0 Å². The van der Waals surface area contributed by atoms with Crippen molar-refractivity contribution in [3.63, 3.8) is 0 Å². The highest BCUT2D eigenvalue weighted by Gasteiger charge is 2.24. The van der Waals surface area contributed by atoms with Crippen LogP contribution in [0.25, 0.3) is 0 Å². The second-order valence-corrected chi connectivity index (χ2v) is 4.35. The molecule has 1 aliphatic heterocycles. The molecule has 0 amide bonds. The lowest BCUT2D eigenvalue weighted by atomic mass is 10.0. The first-order valence-corrected chi connectivity index (χ1v) is 6.12. The summed E-state index contributed by atoms with van der Waals surface area (Å²) in [4.78, 5) is 2.22. The van der Waals surface area contributed by atoms with Crippen LogP contribution < -0.4 is 5.32 Å². The molecule has 2 rings (SSSR count). The molecule has 1 aromatic rings. The molecule has 1 heterocycles. The van der Waals surface area contributed by atoms with E-state index in [0.717, 1.165) is 32.6 Å². The Balaban J connectivity index is 0.00000162. The fraction of sp³-hybridized carbons (Fsp3) is 0.538. The summed E-state index contributed by atoms with van der Waals surface area (Å²) in [6, 6.07) is 4.42. The molecule has 1 aromatic carbocycles. The highest BCUT2D eigenvalue weighted by Crippen LogP contribution is 2.27. The molecular formula is C13H19ClF2N2. The molecule has 1 N–H and O–H groups in total. The van der Waals surface area contributed by atoms with E-state index in [1.165, 1.54) is 6.07 Å². The summed E-state index contributed by atoms with van der Waals surface area (Å²) in [5.41, 5.74) is 0.481. The molecule has 0 aliphatic carbocycles. The number of piperazine rings is 1. The van der Waals surface area contributed by atoms with Crippen molar-refractivity contribution in [3.8, 4) is 0 Å². The van der Waals surface area contributed by atoms with E-state index in [-0.39, 0.29) is 18.4 Å². The maximum atomic E-state index is 13.8. The predicted molar refractivity (Wildman–Crippen MR) is 71.1 cm³/mol. The highest BCUT2D eigenvalue weighted by atomic mass is 35.5. The molecule has 0 spiro atoms. The maximum absolute atomic E-state index is 13.8. The van der Waals surface area contributed by atoms with Gasteiger partial charge in [-0.3, -0.25) is 4.90 Å². The molecular weight excluding hydrogens is 258 g/mol. The fourth-order valence-corrected chi connectivity index (χ4v) is 2.45. The third-order valence-electron chi connectivity index (χ3n) is 3.32. The molecule has 1 fully saturated rings. The van der Waals surface area contributed by atoms with Gasteiger partial charge in [0.05, 0.1) is 0 Å². The minimum Gasteiger partial charge on any atom is -0.314 e. The standard InChI is InChI=1S/C13H18F2N2.ClH/c1-2-12(17-8-6-16-7-9-17)10-4-3-5-11(14)13(10)15;/h3-5,12,16H,2,6-9H2,1H3;1H/t12-;/m1./s1. The summed E-state index contributed by atoms with van der Waals surface area (Å²) in [7, 11) is 0. The summed E-state index contributed by atoms with van der Waals surface area (Å²) >= 11 is 0. The fourth-order valence-electron chi connectivity index (χ4n) is 2.45. The van der Waals surface area contributed by atoms with Crippen LogP contribution in [0.15, 0.2) is 18.2 Å². The van der Waals surface area contributed by atoms with E-state index in [4.69, 9.17) is 0 Å². The Hall–Kier alpha value is -0.710. The van der Waals surface area contributed by atoms with Gasteiger partial charge >= 0.3 is 0 Å². The molecule has 1 saturated heterocycles. The van der Waals surface area contributed by atoms with E-state index >= 15 is 0 Å². The van der Waals surface area contributed by atoms with Crippen LogP contribution in [0.2, 0.25) is 0 Å². The van der Waals surface area contributed by atoms with Crippen molar-refractivity contribution in [2.75, 3.05) is 26.2 Å². The quantitative estimate of drug-likeness (QED) is 0.913. The second kappa shape index (κ2) is 7.02. The summed E-state index contributed by atoms with van der Waals surface area (Å²) in [6.07, 6.45) is 0.792. The van der Waals surface area contributed by atoms with Gasteiger partial charge in [0.15, 0.2) is 11.6 Å². The summed E-state index contributed by atoms with van der Waals surface area (Å²) in [5, 5.41) is 3.26. The van der Waals surface area contributed by atoms with Gasteiger partial charge in [-0.1, -0.05) is 19.1 Å². The number of hydrogen-bond donors (Lipinski definition) is 1. The van der Waals surface area contributed by atoms with E-state index in [0.29, 0.717) is 5.56 Å². The van der Waals surface area contributed by atoms with Gasteiger partial charge in [0.2, 0.25) is 0 Å². The minimum atomic E-state index is -0.754. The SMILES string of the molecule is CC[C@H](c1cccc(F)c1F)N1CCNCC1.Cl. The molecule has 0 bridgehead atoms. The second-order valence-electron chi connectivity index (χ2n) is 4.35. The lowest BCUT2D eigenvalue weighted by Gasteiger charge is -2.34. The van der Waals surface area contributed by atoms with Crippen molar-refractivity contribution in [1.82, 2.24) is 10.2 Å². The van der Waals surface area contributed by atoms with Gasteiger partial charge in [0.1, 0.15) is 0 Å². The first-order chi connectivity index (χ1) is 8.24. The van der Waals surface area contributed by atoms with E-state index in [1.54, 1.807) is 12.1 Å². The summed E-state index contributed by atoms with van der Waals surface area (Å²) < 4.78 is 27.0. The average Bonchev–Trinajstić information content (AvgIpc) is 2.37. The summed E-state index contributed by atoms with van der Waals surface area (Å²) in [5.74, 6) is -1.45. The topological polar surface area (TPSA) is 15.3 Å². The van der Waals surface area contributed by atoms with Crippen molar-refractivity contribution in [3.05, 3.63) is 35.4 Å². The van der Waals surface area contributed by atoms with Crippen molar-refractivity contribution in [2.45, 2.75) is 19.4 Å². The van der Waals surface area contributed by atoms with Gasteiger partial charge in [-0.15, -0.1) is 12.4 Å². The van der Waals surface area contributed by atoms with Crippen LogP contribution in [0.4, 0.5) is 8.78 Å². The lowest BCUT2D eigenvalue weighted by molar-refractivity contribution is 0.165. The van der Waals surface area contributed by atoms with Crippen LogP contribution in [0, 0.1) is 11.6 Å². The van der Waals surface area contributed by atoms with Crippen LogP contribution >= 0.6 is 12.4 Å². The van der Waals surface area contributed by atoms with Gasteiger partial charge in [0.25, 0.3) is 0 Å². The minimum absolute atomic E-state index is 0. The zero-order valence-corrected chi connectivity index (χ0v) is 11.3. The Morgan fingerprint density at radius 1 is 1.28 bits per heavy atom. The van der Waals surface area contributed by atoms with Crippen molar-refractivity contribution >= 4 is 12.4 Å². The summed E-state index contributed by atoms with van der Waals surface area (Å²) in [6.45, 7) is 5.60. The molecule has 18 heavy (non-hydrogen) atoms. The van der Waals surface area contributed by atoms with Crippen molar-refractivity contribution < 1.29 is 8.78 Å². The van der Waals surface area contributed by atoms with E-state index < -0.39 is 11.6 Å². The van der Waals surface area contributed by atoms with Gasteiger partial charge in [-0.2, -0.15) is 0 Å². The van der Waals surface area contributed by atoms with Gasteiger partial charge in [-0.25, -0.2) is 8.78 Å². The van der Waals surface area contributed by atoms with E-state index in [9.17, 15) is 8.78 Å². The third kappa shape index (κ3) is 3.19. The molecule has 5 heteroatoms. The highest BCUT2D eigenvalue weighted by molar-refractivity contribution is 5.85. The first-order valence-electron chi connectivity index (χ1n) is 6.12. The first kappa shape index (κ1) is 15.3. The number of halogens is 3. The molecule has 1 aliphatic rings. The number of rotatable bonds is 3. The molecule has 2 nitrogen and oxygen atoms in total. The monoisotopic (exact) mass is 276 g/mol. The van der Waals surface area contributed by atoms with E-state index in [2.05, 4.69) is 10.2 Å². The molecule has 0 aromatic heterocycles. The maximum Gasteiger partial charge on any atom is 0.163 e. The number of benzene rings is 1. The van der Waals surface area contributed by atoms with Crippen LogP contribution in [-0.4, -0.2) is 31.1 Å². The Kier molecular flexibility index (Phi) is 5.99. The molecule has 0 saturated carbocycles. The largest absolute Gasteiger partial charge is 0.314 e. The zero-order chi connectivity index (χ0) is 12.3. The Morgan fingerprint density at radius 2 is 1.94 bits per heavy atom. The van der Waals surface area contributed by atoms with Crippen LogP contribution in [0.1, 0.15) is 24.9 Å². The average molecular weight is 277 g/mol. The van der Waals surface area contributed by atoms with Crippen LogP contribution in [0.3, 0.4) is 0 Å². The Labute approximate surface area is 113 Å². The zero-order valence-electron chi connectivity index (χ0n) is 10.5. The Morgan fingerprint density at radius 3 is 2.56 bits per heavy atom. The Bertz CT molecular complexity index is 381. The number of nitrogens with zero attached hydrogens (tertiary/aromatic N) is 1. The molecule has 1 atom stereocenters. The molecule has 102 valence electrons. The van der Waals surface area contributed by atoms with Gasteiger partial charge in [-0.05, 0) is 12.5 Å². The number of hydrogen-bond acceptors (Lipinski definition) is 2. The van der Waals surface area contributed by atoms with Gasteiger partial charge in [0, 0.05) is 37.8 Å².